The molecule has 7 nitrogen and oxygen atoms in total. The Morgan fingerprint density at radius 1 is 1.67 bits per heavy atom. The number of aryl methyl sites for hydroxylation is 1. The van der Waals surface area contributed by atoms with Crippen LogP contribution < -0.4 is 4.90 Å². The van der Waals surface area contributed by atoms with Gasteiger partial charge in [0.1, 0.15) is 11.9 Å². The lowest BCUT2D eigenvalue weighted by atomic mass is 10.2. The second-order valence-corrected chi connectivity index (χ2v) is 4.28. The number of hydrogen-bond donors (Lipinski definition) is 1. The van der Waals surface area contributed by atoms with Crippen LogP contribution in [0.2, 0.25) is 0 Å². The number of aliphatic carboxylic acids is 1. The van der Waals surface area contributed by atoms with Gasteiger partial charge in [0.15, 0.2) is 0 Å². The van der Waals surface area contributed by atoms with Gasteiger partial charge < -0.3 is 10.0 Å². The molecule has 0 radical (unpaired) electrons. The second kappa shape index (κ2) is 4.59. The first kappa shape index (κ1) is 12.3. The molecule has 0 bridgehead atoms. The number of rotatable bonds is 3. The number of carbonyl (C=O) groups is 1. The van der Waals surface area contributed by atoms with Gasteiger partial charge in [-0.1, -0.05) is 0 Å². The highest BCUT2D eigenvalue weighted by Crippen LogP contribution is 2.28. The number of hydrogen-bond acceptors (Lipinski definition) is 5. The van der Waals surface area contributed by atoms with Crippen LogP contribution in [0.1, 0.15) is 18.4 Å². The lowest BCUT2D eigenvalue weighted by Gasteiger charge is -2.22. The van der Waals surface area contributed by atoms with Crippen LogP contribution in [0, 0.1) is 17.0 Å². The molecule has 0 aromatic carbocycles. The highest BCUT2D eigenvalue weighted by Gasteiger charge is 2.32. The average Bonchev–Trinajstić information content (AvgIpc) is 2.78. The smallest absolute Gasteiger partial charge is 0.326 e. The predicted octanol–water partition coefficient (Wildman–Crippen LogP) is 1.35. The van der Waals surface area contributed by atoms with E-state index in [-0.39, 0.29) is 5.69 Å². The molecule has 0 spiro atoms. The van der Waals surface area contributed by atoms with Crippen LogP contribution in [-0.4, -0.2) is 33.6 Å². The number of carboxylic acids is 1. The Hall–Kier alpha value is -2.18. The highest BCUT2D eigenvalue weighted by atomic mass is 16.6. The summed E-state index contributed by atoms with van der Waals surface area (Å²) in [6.07, 6.45) is 2.70. The van der Waals surface area contributed by atoms with Crippen LogP contribution in [-0.2, 0) is 4.79 Å². The third-order valence-corrected chi connectivity index (χ3v) is 3.09. The van der Waals surface area contributed by atoms with Crippen molar-refractivity contribution in [3.63, 3.8) is 0 Å². The summed E-state index contributed by atoms with van der Waals surface area (Å²) < 4.78 is 0. The van der Waals surface area contributed by atoms with Gasteiger partial charge in [-0.15, -0.1) is 0 Å². The summed E-state index contributed by atoms with van der Waals surface area (Å²) in [5.74, 6) is -0.560. The first-order valence-electron chi connectivity index (χ1n) is 5.61. The van der Waals surface area contributed by atoms with Crippen LogP contribution in [0.3, 0.4) is 0 Å². The molecule has 1 atom stereocenters. The van der Waals surface area contributed by atoms with E-state index in [9.17, 15) is 14.9 Å². The molecule has 96 valence electrons. The van der Waals surface area contributed by atoms with Crippen molar-refractivity contribution in [1.29, 1.82) is 0 Å². The van der Waals surface area contributed by atoms with E-state index in [4.69, 9.17) is 5.11 Å². The van der Waals surface area contributed by atoms with Gasteiger partial charge in [0.25, 0.3) is 5.69 Å². The molecule has 0 amide bonds. The Bertz CT molecular complexity index is 503. The number of carboxylic acid groups (broad SMARTS) is 1. The molecule has 2 rings (SSSR count). The third kappa shape index (κ3) is 2.11. The Labute approximate surface area is 103 Å². The average molecular weight is 251 g/mol. The summed E-state index contributed by atoms with van der Waals surface area (Å²) in [5, 5.41) is 19.9. The molecule has 1 aliphatic heterocycles. The maximum atomic E-state index is 11.1. The molecule has 0 aliphatic carbocycles. The molecule has 1 aliphatic rings. The molecule has 7 heteroatoms. The number of nitro groups is 1. The van der Waals surface area contributed by atoms with E-state index < -0.39 is 16.9 Å². The Morgan fingerprint density at radius 2 is 2.39 bits per heavy atom. The second-order valence-electron chi connectivity index (χ2n) is 4.28. The minimum atomic E-state index is -0.919. The first-order valence-corrected chi connectivity index (χ1v) is 5.61. The molecule has 1 aromatic heterocycles. The van der Waals surface area contributed by atoms with Crippen molar-refractivity contribution in [2.75, 3.05) is 11.4 Å². The third-order valence-electron chi connectivity index (χ3n) is 3.09. The van der Waals surface area contributed by atoms with Gasteiger partial charge in [-0.05, 0) is 19.8 Å². The zero-order chi connectivity index (χ0) is 13.3. The Kier molecular flexibility index (Phi) is 3.14. The maximum Gasteiger partial charge on any atom is 0.326 e. The summed E-state index contributed by atoms with van der Waals surface area (Å²) in [6, 6.07) is 0.705. The fourth-order valence-electron chi connectivity index (χ4n) is 2.15. The zero-order valence-electron chi connectivity index (χ0n) is 9.87. The van der Waals surface area contributed by atoms with E-state index in [1.807, 2.05) is 0 Å². The van der Waals surface area contributed by atoms with Gasteiger partial charge in [-0.25, -0.2) is 9.78 Å². The summed E-state index contributed by atoms with van der Waals surface area (Å²) >= 11 is 0. The molecule has 1 unspecified atom stereocenters. The number of nitrogens with zero attached hydrogens (tertiary/aromatic N) is 3. The van der Waals surface area contributed by atoms with E-state index >= 15 is 0 Å². The molecule has 1 fully saturated rings. The molecular formula is C11H13N3O4. The predicted molar refractivity (Wildman–Crippen MR) is 63.6 cm³/mol. The van der Waals surface area contributed by atoms with Crippen molar-refractivity contribution in [2.24, 2.45) is 0 Å². The van der Waals surface area contributed by atoms with Crippen LogP contribution in [0.25, 0.3) is 0 Å². The topological polar surface area (TPSA) is 96.6 Å². The van der Waals surface area contributed by atoms with E-state index in [2.05, 4.69) is 4.98 Å². The van der Waals surface area contributed by atoms with Crippen molar-refractivity contribution in [3.8, 4) is 0 Å². The van der Waals surface area contributed by atoms with Gasteiger partial charge in [-0.2, -0.15) is 0 Å². The van der Waals surface area contributed by atoms with Crippen LogP contribution in [0.15, 0.2) is 12.3 Å². The van der Waals surface area contributed by atoms with Gasteiger partial charge in [0, 0.05) is 18.3 Å². The SMILES string of the molecule is Cc1cnc(N2CCCC2C(=O)O)cc1[N+](=O)[O-]. The number of pyridine rings is 1. The quantitative estimate of drug-likeness (QED) is 0.643. The van der Waals surface area contributed by atoms with Gasteiger partial charge in [-0.3, -0.25) is 10.1 Å². The molecule has 1 aromatic rings. The van der Waals surface area contributed by atoms with Crippen molar-refractivity contribution < 1.29 is 14.8 Å². The van der Waals surface area contributed by atoms with Gasteiger partial charge in [0.05, 0.1) is 11.0 Å². The first-order chi connectivity index (χ1) is 8.50. The zero-order valence-corrected chi connectivity index (χ0v) is 9.87. The lowest BCUT2D eigenvalue weighted by molar-refractivity contribution is -0.385. The molecule has 1 saturated heterocycles. The lowest BCUT2D eigenvalue weighted by Crippen LogP contribution is -2.36. The largest absolute Gasteiger partial charge is 0.480 e. The van der Waals surface area contributed by atoms with Gasteiger partial charge >= 0.3 is 5.97 Å². The van der Waals surface area contributed by atoms with Crippen LogP contribution in [0.4, 0.5) is 11.5 Å². The maximum absolute atomic E-state index is 11.1. The summed E-state index contributed by atoms with van der Waals surface area (Å²) in [6.45, 7) is 2.16. The van der Waals surface area contributed by atoms with Crippen molar-refractivity contribution in [2.45, 2.75) is 25.8 Å². The Balaban J connectivity index is 2.36. The van der Waals surface area contributed by atoms with Crippen molar-refractivity contribution in [1.82, 2.24) is 4.98 Å². The fourth-order valence-corrected chi connectivity index (χ4v) is 2.15. The van der Waals surface area contributed by atoms with Gasteiger partial charge in [0.2, 0.25) is 0 Å². The number of aromatic nitrogens is 1. The fraction of sp³-hybridized carbons (Fsp3) is 0.455. The minimum Gasteiger partial charge on any atom is -0.480 e. The van der Waals surface area contributed by atoms with Crippen LogP contribution in [0.5, 0.6) is 0 Å². The van der Waals surface area contributed by atoms with E-state index in [0.717, 1.165) is 6.42 Å². The van der Waals surface area contributed by atoms with E-state index in [1.54, 1.807) is 11.8 Å². The van der Waals surface area contributed by atoms with Crippen molar-refractivity contribution in [3.05, 3.63) is 27.9 Å². The Morgan fingerprint density at radius 3 is 3.00 bits per heavy atom. The summed E-state index contributed by atoms with van der Waals surface area (Å²) in [7, 11) is 0. The summed E-state index contributed by atoms with van der Waals surface area (Å²) in [5.41, 5.74) is 0.436. The number of anilines is 1. The minimum absolute atomic E-state index is 0.0314. The molecule has 0 saturated carbocycles. The van der Waals surface area contributed by atoms with E-state index in [1.165, 1.54) is 12.3 Å². The molecule has 1 N–H and O–H groups in total. The standard InChI is InChI=1S/C11H13N3O4/c1-7-6-12-10(5-9(7)14(17)18)13-4-2-3-8(13)11(15)16/h5-6,8H,2-4H2,1H3,(H,15,16). The van der Waals surface area contributed by atoms with Crippen LogP contribution >= 0.6 is 0 Å². The normalized spacial score (nSPS) is 18.9. The molecular weight excluding hydrogens is 238 g/mol. The molecule has 18 heavy (non-hydrogen) atoms. The summed E-state index contributed by atoms with van der Waals surface area (Å²) in [4.78, 5) is 27.1. The van der Waals surface area contributed by atoms with Crippen molar-refractivity contribution >= 4 is 17.5 Å². The highest BCUT2D eigenvalue weighted by molar-refractivity contribution is 5.78. The monoisotopic (exact) mass is 251 g/mol. The van der Waals surface area contributed by atoms with E-state index in [0.29, 0.717) is 24.3 Å². The molecule has 2 heterocycles.